The van der Waals surface area contributed by atoms with Crippen LogP contribution in [0.4, 0.5) is 17.1 Å². The molecule has 9 aromatic carbocycles. The minimum Gasteiger partial charge on any atom is -0.310 e. The zero-order valence-corrected chi connectivity index (χ0v) is 36.1. The Morgan fingerprint density at radius 2 is 0.565 bits per heavy atom. The van der Waals surface area contributed by atoms with Gasteiger partial charge in [-0.25, -0.2) is 0 Å². The Kier molecular flexibility index (Phi) is 8.98. The second-order valence-corrected chi connectivity index (χ2v) is 17.3. The second kappa shape index (κ2) is 14.6. The number of anilines is 3. The van der Waals surface area contributed by atoms with Crippen LogP contribution < -0.4 is 32.2 Å². The summed E-state index contributed by atoms with van der Waals surface area (Å²) in [6.45, 7) is 0. The number of benzene rings is 9. The van der Waals surface area contributed by atoms with Gasteiger partial charge in [0.2, 0.25) is 0 Å². The van der Waals surface area contributed by atoms with Crippen LogP contribution in [-0.4, -0.2) is 39.2 Å². The van der Waals surface area contributed by atoms with Crippen LogP contribution in [0.1, 0.15) is 44.5 Å². The van der Waals surface area contributed by atoms with Crippen molar-refractivity contribution in [2.24, 2.45) is 0 Å². The molecule has 0 spiro atoms. The van der Waals surface area contributed by atoms with Crippen LogP contribution >= 0.6 is 0 Å². The highest BCUT2D eigenvalue weighted by molar-refractivity contribution is 6.69. The van der Waals surface area contributed by atoms with Crippen LogP contribution in [0.2, 0.25) is 0 Å². The molecule has 0 aliphatic heterocycles. The third-order valence-electron chi connectivity index (χ3n) is 14.6. The van der Waals surface area contributed by atoms with Crippen molar-refractivity contribution < 1.29 is 0 Å². The molecule has 0 amide bonds. The summed E-state index contributed by atoms with van der Waals surface area (Å²) in [4.78, 5) is 2.66. The molecule has 0 saturated carbocycles. The van der Waals surface area contributed by atoms with Crippen LogP contribution in [0.15, 0.2) is 206 Å². The molecule has 6 heteroatoms. The lowest BCUT2D eigenvalue weighted by molar-refractivity contribution is 0.768. The van der Waals surface area contributed by atoms with E-state index in [0.717, 1.165) is 0 Å². The third-order valence-corrected chi connectivity index (χ3v) is 14.6. The maximum absolute atomic E-state index is 2.66. The molecule has 1 nitrogen and oxygen atoms in total. The number of hydrogen-bond donors (Lipinski definition) is 0. The molecular formula is C56H44B5N. The number of fused-ring (bicyclic) bond motifs is 6. The van der Waals surface area contributed by atoms with Crippen molar-refractivity contribution in [3.8, 4) is 22.3 Å². The quantitative estimate of drug-likeness (QED) is 0.202. The molecule has 2 aliphatic carbocycles. The van der Waals surface area contributed by atoms with Crippen molar-refractivity contribution in [3.05, 3.63) is 251 Å². The van der Waals surface area contributed by atoms with E-state index in [0.29, 0.717) is 0 Å². The van der Waals surface area contributed by atoms with Gasteiger partial charge in [-0.3, -0.25) is 0 Å². The van der Waals surface area contributed by atoms with Gasteiger partial charge in [-0.1, -0.05) is 216 Å². The summed E-state index contributed by atoms with van der Waals surface area (Å²) in [6.07, 6.45) is 0. The minimum atomic E-state index is -0.527. The SMILES string of the molecule is Bc1c(B)c(B)c(N(c2cccc3c2-c2ccccc2C3(c2ccccc2)c2ccccc2)c2cccc3c2-c2ccccc2C3(c2ccccc2)c2ccccc2)c(B)c1B. The summed E-state index contributed by atoms with van der Waals surface area (Å²) in [5.41, 5.74) is 24.5. The normalized spacial score (nSPS) is 13.7. The Morgan fingerprint density at radius 1 is 0.274 bits per heavy atom. The third kappa shape index (κ3) is 5.16. The molecule has 2 aliphatic rings. The molecule has 0 bridgehead atoms. The Hall–Kier alpha value is -6.90. The Labute approximate surface area is 370 Å². The first-order valence-electron chi connectivity index (χ1n) is 22.0. The van der Waals surface area contributed by atoms with Gasteiger partial charge in [0.25, 0.3) is 0 Å². The topological polar surface area (TPSA) is 3.24 Å². The fraction of sp³-hybridized carbons (Fsp3) is 0.0357. The average Bonchev–Trinajstić information content (AvgIpc) is 3.82. The Morgan fingerprint density at radius 3 is 0.919 bits per heavy atom. The van der Waals surface area contributed by atoms with Gasteiger partial charge in [-0.15, -0.1) is 5.46 Å². The summed E-state index contributed by atoms with van der Waals surface area (Å²) in [5.74, 6) is 0. The predicted molar refractivity (Wildman–Crippen MR) is 277 cm³/mol. The van der Waals surface area contributed by atoms with Crippen molar-refractivity contribution in [3.63, 3.8) is 0 Å². The molecule has 0 saturated heterocycles. The van der Waals surface area contributed by atoms with Gasteiger partial charge in [0, 0.05) is 16.8 Å². The van der Waals surface area contributed by atoms with Gasteiger partial charge in [-0.2, -0.15) is 0 Å². The molecule has 0 heterocycles. The highest BCUT2D eigenvalue weighted by Gasteiger charge is 2.50. The van der Waals surface area contributed by atoms with E-state index in [2.05, 4.69) is 250 Å². The second-order valence-electron chi connectivity index (χ2n) is 17.3. The molecular weight excluding hydrogens is 741 g/mol. The zero-order valence-electron chi connectivity index (χ0n) is 36.1. The number of hydrogen-bond acceptors (Lipinski definition) is 1. The van der Waals surface area contributed by atoms with Crippen molar-refractivity contribution in [2.75, 3.05) is 4.90 Å². The predicted octanol–water partition coefficient (Wildman–Crippen LogP) is 5.17. The summed E-state index contributed by atoms with van der Waals surface area (Å²) in [5, 5.41) is 0. The molecule has 0 atom stereocenters. The molecule has 0 N–H and O–H groups in total. The molecule has 11 rings (SSSR count). The molecule has 0 radical (unpaired) electrons. The maximum atomic E-state index is 2.66. The van der Waals surface area contributed by atoms with Gasteiger partial charge in [-0.05, 0) is 67.8 Å². The standard InChI is InChI=1S/C56H44B5N/c57-49-50(58)52(60)54(53(61)51(49)59)62(45-33-17-31-43-47(45)39-27-13-15-29-41(39)55(43,35-19-5-1-6-20-35)36-21-7-2-8-22-36)46-34-18-32-44-48(46)40-28-14-16-30-42(40)56(44,37-23-9-3-10-24-37)38-25-11-4-12-26-38/h1-34H,57-61H2. The van der Waals surface area contributed by atoms with E-state index in [-0.39, 0.29) is 0 Å². The highest BCUT2D eigenvalue weighted by Crippen LogP contribution is 2.62. The summed E-state index contributed by atoms with van der Waals surface area (Å²) >= 11 is 0. The smallest absolute Gasteiger partial charge is 0.141 e. The fourth-order valence-corrected chi connectivity index (χ4v) is 11.5. The van der Waals surface area contributed by atoms with Gasteiger partial charge >= 0.3 is 0 Å². The van der Waals surface area contributed by atoms with E-state index in [1.54, 1.807) is 0 Å². The van der Waals surface area contributed by atoms with E-state index in [9.17, 15) is 0 Å². The van der Waals surface area contributed by atoms with Crippen LogP contribution in [0.5, 0.6) is 0 Å². The lowest BCUT2D eigenvalue weighted by atomic mass is 9.61. The van der Waals surface area contributed by atoms with E-state index < -0.39 is 10.8 Å². The molecule has 62 heavy (non-hydrogen) atoms. The van der Waals surface area contributed by atoms with Crippen molar-refractivity contribution in [1.82, 2.24) is 0 Å². The lowest BCUT2D eigenvalue weighted by Crippen LogP contribution is -2.56. The van der Waals surface area contributed by atoms with Crippen LogP contribution in [0.25, 0.3) is 22.3 Å². The first-order chi connectivity index (χ1) is 30.4. The monoisotopic (exact) mass is 785 g/mol. The average molecular weight is 785 g/mol. The largest absolute Gasteiger partial charge is 0.310 e. The number of rotatable bonds is 7. The first-order valence-corrected chi connectivity index (χ1v) is 22.0. The van der Waals surface area contributed by atoms with Gasteiger partial charge in [0.15, 0.2) is 0 Å². The van der Waals surface area contributed by atoms with Crippen LogP contribution in [-0.2, 0) is 10.8 Å². The van der Waals surface area contributed by atoms with Crippen molar-refractivity contribution in [1.29, 1.82) is 0 Å². The lowest BCUT2D eigenvalue weighted by Gasteiger charge is -2.37. The number of nitrogens with zero attached hydrogens (tertiary/aromatic N) is 1. The molecule has 9 aromatic rings. The molecule has 0 aromatic heterocycles. The first kappa shape index (κ1) is 38.1. The van der Waals surface area contributed by atoms with Gasteiger partial charge in [0.05, 0.1) is 22.2 Å². The molecule has 0 unspecified atom stereocenters. The Balaban J connectivity index is 1.30. The van der Waals surface area contributed by atoms with Crippen LogP contribution in [0, 0.1) is 0 Å². The maximum Gasteiger partial charge on any atom is 0.141 e. The molecule has 288 valence electrons. The summed E-state index contributed by atoms with van der Waals surface area (Å²) in [7, 11) is 11.6. The van der Waals surface area contributed by atoms with Gasteiger partial charge in [0.1, 0.15) is 39.2 Å². The molecule has 0 fully saturated rings. The van der Waals surface area contributed by atoms with E-state index in [1.165, 1.54) is 111 Å². The van der Waals surface area contributed by atoms with E-state index in [1.807, 2.05) is 0 Å². The highest BCUT2D eigenvalue weighted by atomic mass is 15.2. The Bertz CT molecular complexity index is 2900. The van der Waals surface area contributed by atoms with E-state index >= 15 is 0 Å². The van der Waals surface area contributed by atoms with Crippen molar-refractivity contribution >= 4 is 83.6 Å². The zero-order chi connectivity index (χ0) is 42.2. The van der Waals surface area contributed by atoms with Crippen LogP contribution in [0.3, 0.4) is 0 Å². The van der Waals surface area contributed by atoms with Crippen molar-refractivity contribution in [2.45, 2.75) is 10.8 Å². The van der Waals surface area contributed by atoms with E-state index in [4.69, 9.17) is 0 Å². The fourth-order valence-electron chi connectivity index (χ4n) is 11.5. The van der Waals surface area contributed by atoms with Gasteiger partial charge < -0.3 is 4.90 Å². The summed E-state index contributed by atoms with van der Waals surface area (Å²) < 4.78 is 0. The minimum absolute atomic E-state index is 0.527. The summed E-state index contributed by atoms with van der Waals surface area (Å²) in [6, 6.07) is 77.1.